The van der Waals surface area contributed by atoms with E-state index in [2.05, 4.69) is 19.2 Å². The number of nitrogens with one attached hydrogen (secondary N) is 1. The molecule has 0 aromatic heterocycles. The number of carbonyl (C=O) groups is 1. The van der Waals surface area contributed by atoms with Crippen LogP contribution in [0.2, 0.25) is 0 Å². The van der Waals surface area contributed by atoms with Crippen molar-refractivity contribution in [3.05, 3.63) is 0 Å². The van der Waals surface area contributed by atoms with Gasteiger partial charge in [0.25, 0.3) is 0 Å². The average molecular weight is 1550 g/mol. The first-order valence-corrected chi connectivity index (χ1v) is 46.3. The van der Waals surface area contributed by atoms with Crippen molar-refractivity contribution in [3.8, 4) is 0 Å². The van der Waals surface area contributed by atoms with Crippen LogP contribution in [0, 0.1) is 0 Å². The Balaban J connectivity index is 1.27. The molecule has 642 valence electrons. The van der Waals surface area contributed by atoms with Gasteiger partial charge in [0.1, 0.15) is 73.2 Å². The summed E-state index contributed by atoms with van der Waals surface area (Å²) >= 11 is 0. The van der Waals surface area contributed by atoms with E-state index in [0.29, 0.717) is 12.8 Å². The summed E-state index contributed by atoms with van der Waals surface area (Å²) < 4.78 is 34.6. The predicted octanol–water partition coefficient (Wildman–Crippen LogP) is 17.7. The van der Waals surface area contributed by atoms with Crippen LogP contribution in [0.4, 0.5) is 0 Å². The molecule has 3 saturated heterocycles. The van der Waals surface area contributed by atoms with Crippen LogP contribution in [0.1, 0.15) is 431 Å². The fourth-order valence-electron chi connectivity index (χ4n) is 16.3. The summed E-state index contributed by atoms with van der Waals surface area (Å²) in [5.41, 5.74) is 0. The number of ether oxygens (including phenoxy) is 6. The molecule has 0 aromatic carbocycles. The molecule has 0 saturated carbocycles. The first-order valence-electron chi connectivity index (χ1n) is 46.3. The number of hydrogen-bond donors (Lipinski definition) is 12. The van der Waals surface area contributed by atoms with Gasteiger partial charge in [0.05, 0.1) is 38.6 Å². The third-order valence-corrected chi connectivity index (χ3v) is 23.7. The maximum absolute atomic E-state index is 13.5. The smallest absolute Gasteiger partial charge is 0.220 e. The summed E-state index contributed by atoms with van der Waals surface area (Å²) in [6.45, 7) is 1.89. The molecule has 3 fully saturated rings. The molecule has 1 amide bonds. The lowest BCUT2D eigenvalue weighted by Gasteiger charge is -2.48. The Bertz CT molecular complexity index is 1940. The minimum Gasteiger partial charge on any atom is -0.394 e. The summed E-state index contributed by atoms with van der Waals surface area (Å²) in [6, 6.07) is -0.884. The zero-order valence-corrected chi connectivity index (χ0v) is 69.4. The maximum atomic E-state index is 13.5. The van der Waals surface area contributed by atoms with E-state index in [1.54, 1.807) is 0 Å². The molecule has 3 rings (SSSR count). The van der Waals surface area contributed by atoms with Gasteiger partial charge in [0.2, 0.25) is 5.91 Å². The number of aliphatic hydroxyl groups is 11. The summed E-state index contributed by atoms with van der Waals surface area (Å²) in [6.07, 6.45) is 58.1. The van der Waals surface area contributed by atoms with E-state index >= 15 is 0 Å². The Labute approximate surface area is 659 Å². The van der Waals surface area contributed by atoms with Crippen LogP contribution in [0.5, 0.6) is 0 Å². The number of rotatable bonds is 77. The van der Waals surface area contributed by atoms with Gasteiger partial charge in [0, 0.05) is 6.42 Å². The Hall–Kier alpha value is -1.21. The Morgan fingerprint density at radius 1 is 0.296 bits per heavy atom. The molecule has 19 nitrogen and oxygen atoms in total. The molecule has 0 bridgehead atoms. The Morgan fingerprint density at radius 2 is 0.528 bits per heavy atom. The fraction of sp³-hybridized carbons (Fsp3) is 0.989. The second-order valence-corrected chi connectivity index (χ2v) is 33.5. The molecule has 0 spiro atoms. The Morgan fingerprint density at radius 3 is 0.806 bits per heavy atom. The average Bonchev–Trinajstić information content (AvgIpc) is 0.787. The number of amides is 1. The second kappa shape index (κ2) is 70.0. The molecule has 0 aliphatic carbocycles. The zero-order valence-electron chi connectivity index (χ0n) is 69.4. The number of carbonyl (C=O) groups excluding carboxylic acids is 1. The highest BCUT2D eigenvalue weighted by atomic mass is 16.8. The fourth-order valence-corrected chi connectivity index (χ4v) is 16.3. The van der Waals surface area contributed by atoms with Crippen molar-refractivity contribution >= 4 is 5.91 Å². The summed E-state index contributed by atoms with van der Waals surface area (Å²) in [5, 5.41) is 121. The van der Waals surface area contributed by atoms with Crippen LogP contribution in [0.25, 0.3) is 0 Å². The summed E-state index contributed by atoms with van der Waals surface area (Å²) in [5.74, 6) is -0.231. The SMILES string of the molecule is CCCCCCCCCCCCCCCCCCCCCCCCCCCCCCCCCCCCCCCCCCCC(=O)NC(COC1OC(CO)C(OC2OC(CO)C(OC3OC(CO)C(O)C(O)C3O)C(O)C2O)C(O)C1O)C(O)CCCCCCCCCCCCCCCCCCCCCCCC. The first kappa shape index (κ1) is 101. The van der Waals surface area contributed by atoms with Crippen LogP contribution < -0.4 is 5.32 Å². The monoisotopic (exact) mass is 1540 g/mol. The van der Waals surface area contributed by atoms with Crippen LogP contribution in [-0.4, -0.2) is 193 Å². The molecule has 19 heteroatoms. The lowest BCUT2D eigenvalue weighted by Crippen LogP contribution is -2.66. The van der Waals surface area contributed by atoms with Crippen LogP contribution in [-0.2, 0) is 33.2 Å². The second-order valence-electron chi connectivity index (χ2n) is 33.5. The molecule has 12 N–H and O–H groups in total. The number of aliphatic hydroxyl groups excluding tert-OH is 11. The van der Waals surface area contributed by atoms with E-state index in [1.165, 1.54) is 353 Å². The first-order chi connectivity index (χ1) is 52.8. The summed E-state index contributed by atoms with van der Waals surface area (Å²) in [7, 11) is 0. The van der Waals surface area contributed by atoms with Crippen LogP contribution in [0.15, 0.2) is 0 Å². The van der Waals surface area contributed by atoms with Crippen molar-refractivity contribution in [2.45, 2.75) is 535 Å². The minimum absolute atomic E-state index is 0.231. The van der Waals surface area contributed by atoms with Crippen molar-refractivity contribution < 1.29 is 89.4 Å². The summed E-state index contributed by atoms with van der Waals surface area (Å²) in [4.78, 5) is 13.5. The minimum atomic E-state index is -1.97. The molecule has 3 aliphatic heterocycles. The van der Waals surface area contributed by atoms with Crippen molar-refractivity contribution in [1.29, 1.82) is 0 Å². The van der Waals surface area contributed by atoms with Gasteiger partial charge in [-0.2, -0.15) is 0 Å². The van der Waals surface area contributed by atoms with Crippen molar-refractivity contribution in [3.63, 3.8) is 0 Å². The lowest BCUT2D eigenvalue weighted by molar-refractivity contribution is -0.379. The van der Waals surface area contributed by atoms with E-state index in [1.807, 2.05) is 0 Å². The van der Waals surface area contributed by atoms with Gasteiger partial charge in [-0.25, -0.2) is 0 Å². The van der Waals surface area contributed by atoms with E-state index < -0.39 is 124 Å². The molecule has 3 aliphatic rings. The van der Waals surface area contributed by atoms with Gasteiger partial charge >= 0.3 is 0 Å². The van der Waals surface area contributed by atoms with Crippen molar-refractivity contribution in [2.75, 3.05) is 26.4 Å². The quantitative estimate of drug-likeness (QED) is 0.0252. The normalized spacial score (nSPS) is 25.3. The van der Waals surface area contributed by atoms with Crippen LogP contribution >= 0.6 is 0 Å². The number of hydrogen-bond acceptors (Lipinski definition) is 18. The maximum Gasteiger partial charge on any atom is 0.220 e. The lowest BCUT2D eigenvalue weighted by atomic mass is 9.96. The third kappa shape index (κ3) is 48.4. The van der Waals surface area contributed by atoms with Gasteiger partial charge in [-0.1, -0.05) is 412 Å². The van der Waals surface area contributed by atoms with Crippen LogP contribution in [0.3, 0.4) is 0 Å². The Kier molecular flexibility index (Phi) is 65.5. The molecular formula is C89H173NO18. The van der Waals surface area contributed by atoms with E-state index in [4.69, 9.17) is 28.4 Å². The highest BCUT2D eigenvalue weighted by Crippen LogP contribution is 2.34. The topological polar surface area (TPSA) is 307 Å². The largest absolute Gasteiger partial charge is 0.394 e. The molecule has 0 aromatic rings. The van der Waals surface area contributed by atoms with Gasteiger partial charge < -0.3 is 89.9 Å². The van der Waals surface area contributed by atoms with E-state index in [-0.39, 0.29) is 18.9 Å². The molecule has 17 atom stereocenters. The van der Waals surface area contributed by atoms with Gasteiger partial charge in [-0.05, 0) is 12.8 Å². The van der Waals surface area contributed by atoms with Crippen molar-refractivity contribution in [1.82, 2.24) is 5.32 Å². The molecule has 0 radical (unpaired) electrons. The third-order valence-electron chi connectivity index (χ3n) is 23.7. The van der Waals surface area contributed by atoms with Gasteiger partial charge in [0.15, 0.2) is 18.9 Å². The highest BCUT2D eigenvalue weighted by Gasteiger charge is 2.54. The van der Waals surface area contributed by atoms with Gasteiger partial charge in [-0.3, -0.25) is 4.79 Å². The molecule has 3 heterocycles. The van der Waals surface area contributed by atoms with E-state index in [0.717, 1.165) is 44.9 Å². The standard InChI is InChI=1S/C89H173NO18/c1-3-5-7-9-11-13-15-17-19-21-23-25-27-28-29-30-31-32-33-34-35-36-37-38-39-40-41-42-43-44-45-47-49-51-53-55-57-59-61-63-65-67-77(95)90-72(73(94)66-64-62-60-58-56-54-52-50-48-46-26-24-22-20-18-16-14-12-10-8-6-4-2)71-103-87-83(101)80(98)85(75(69-92)105-87)108-89-84(102)81(99)86(76(70-93)106-89)107-88-82(100)79(97)78(96)74(68-91)104-88/h72-76,78-89,91-94,96-102H,3-71H2,1-2H3,(H,90,95). The number of unbranched alkanes of at least 4 members (excludes halogenated alkanes) is 61. The molecule has 108 heavy (non-hydrogen) atoms. The van der Waals surface area contributed by atoms with Gasteiger partial charge in [-0.15, -0.1) is 0 Å². The predicted molar refractivity (Wildman–Crippen MR) is 434 cm³/mol. The van der Waals surface area contributed by atoms with E-state index in [9.17, 15) is 61.0 Å². The molecular weight excluding hydrogens is 1370 g/mol. The highest BCUT2D eigenvalue weighted by molar-refractivity contribution is 5.76. The zero-order chi connectivity index (χ0) is 78.1. The molecule has 17 unspecified atom stereocenters. The van der Waals surface area contributed by atoms with Crippen molar-refractivity contribution in [2.24, 2.45) is 0 Å².